The normalized spacial score (nSPS) is 14.1. The highest BCUT2D eigenvalue weighted by Gasteiger charge is 2.50. The summed E-state index contributed by atoms with van der Waals surface area (Å²) in [5.74, 6) is 2.39. The Hall–Kier alpha value is -7.84. The quantitative estimate of drug-likeness (QED) is 0.175. The Bertz CT molecular complexity index is 3390. The van der Waals surface area contributed by atoms with Gasteiger partial charge in [-0.25, -0.2) is 19.9 Å². The van der Waals surface area contributed by atoms with E-state index >= 15 is 0 Å². The Balaban J connectivity index is 1.06. The van der Waals surface area contributed by atoms with Crippen molar-refractivity contribution in [2.24, 2.45) is 0 Å². The van der Waals surface area contributed by atoms with Crippen molar-refractivity contribution < 1.29 is 17.7 Å². The minimum Gasteiger partial charge on any atom is -0.436 e. The molecular weight excluding hydrogens is 733 g/mol. The Kier molecular flexibility index (Phi) is 5.92. The summed E-state index contributed by atoms with van der Waals surface area (Å²) in [6.45, 7) is 0. The third-order valence-electron chi connectivity index (χ3n) is 12.5. The van der Waals surface area contributed by atoms with Crippen LogP contribution in [0.2, 0.25) is 0 Å². The summed E-state index contributed by atoms with van der Waals surface area (Å²) in [5.41, 5.74) is 14.4. The molecular formula is C51H28N4O4. The van der Waals surface area contributed by atoms with Crippen LogP contribution >= 0.6 is 0 Å². The van der Waals surface area contributed by atoms with Crippen LogP contribution in [0.15, 0.2) is 163 Å². The van der Waals surface area contributed by atoms with Crippen LogP contribution in [0.4, 0.5) is 0 Å². The first kappa shape index (κ1) is 31.3. The highest BCUT2D eigenvalue weighted by Crippen LogP contribution is 2.60. The summed E-state index contributed by atoms with van der Waals surface area (Å²) < 4.78 is 26.0. The van der Waals surface area contributed by atoms with Gasteiger partial charge in [0.15, 0.2) is 22.3 Å². The van der Waals surface area contributed by atoms with Crippen LogP contribution in [0.3, 0.4) is 0 Å². The van der Waals surface area contributed by atoms with Crippen molar-refractivity contribution in [3.05, 3.63) is 168 Å². The summed E-state index contributed by atoms with van der Waals surface area (Å²) in [6, 6.07) is 49.4. The number of hydrogen-bond donors (Lipinski definition) is 0. The van der Waals surface area contributed by atoms with E-state index in [2.05, 4.69) is 48.5 Å². The molecule has 4 aromatic heterocycles. The van der Waals surface area contributed by atoms with E-state index in [1.807, 2.05) is 97.1 Å². The van der Waals surface area contributed by atoms with Crippen LogP contribution in [0.5, 0.6) is 0 Å². The summed E-state index contributed by atoms with van der Waals surface area (Å²) in [4.78, 5) is 20.1. The third-order valence-corrected chi connectivity index (χ3v) is 12.5. The first-order chi connectivity index (χ1) is 29.1. The fourth-order valence-corrected chi connectivity index (χ4v) is 10.1. The van der Waals surface area contributed by atoms with Gasteiger partial charge in [-0.2, -0.15) is 0 Å². The summed E-state index contributed by atoms with van der Waals surface area (Å²) in [7, 11) is 0. The molecule has 0 N–H and O–H groups in total. The lowest BCUT2D eigenvalue weighted by atomic mass is 9.71. The summed E-state index contributed by atoms with van der Waals surface area (Å²) >= 11 is 0. The molecule has 0 unspecified atom stereocenters. The smallest absolute Gasteiger partial charge is 0.227 e. The average Bonchev–Trinajstić information content (AvgIpc) is 4.13. The van der Waals surface area contributed by atoms with Gasteiger partial charge in [-0.3, -0.25) is 0 Å². The van der Waals surface area contributed by atoms with Crippen molar-refractivity contribution in [1.82, 2.24) is 19.9 Å². The molecule has 1 spiro atoms. The minimum atomic E-state index is -0.560. The van der Waals surface area contributed by atoms with Crippen molar-refractivity contribution in [3.8, 4) is 45.8 Å². The molecule has 8 heteroatoms. The zero-order chi connectivity index (χ0) is 38.4. The standard InChI is InChI=1S/C51H28N4O4/c1-5-13-39-35(9-1)52-47(56-39)29-21-27-17-19-33(49-54-37-11-3-7-15-41(37)58-49)45-43(27)31(23-29)25-51(45)26-32-24-30(48-53-36-10-2-6-14-40(36)57-48)22-28-18-20-34(46(51)44(28)32)50-55-38-12-4-8-16-42(38)59-50/h1-24H,25-26H2. The number of oxazole rings is 4. The topological polar surface area (TPSA) is 104 Å². The molecule has 2 aliphatic carbocycles. The minimum absolute atomic E-state index is 0.560. The third kappa shape index (κ3) is 4.32. The monoisotopic (exact) mass is 760 g/mol. The van der Waals surface area contributed by atoms with E-state index in [0.717, 1.165) is 77.4 Å². The Morgan fingerprint density at radius 3 is 1.12 bits per heavy atom. The van der Waals surface area contributed by atoms with Crippen LogP contribution < -0.4 is 0 Å². The van der Waals surface area contributed by atoms with Crippen molar-refractivity contribution in [2.75, 3.05) is 0 Å². The van der Waals surface area contributed by atoms with Crippen molar-refractivity contribution in [3.63, 3.8) is 0 Å². The summed E-state index contributed by atoms with van der Waals surface area (Å²) in [5, 5.41) is 4.59. The molecule has 0 amide bonds. The molecule has 0 saturated heterocycles. The van der Waals surface area contributed by atoms with Gasteiger partial charge < -0.3 is 17.7 Å². The largest absolute Gasteiger partial charge is 0.436 e. The fraction of sp³-hybridized carbons (Fsp3) is 0.0588. The van der Waals surface area contributed by atoms with Crippen LogP contribution in [-0.4, -0.2) is 19.9 Å². The maximum Gasteiger partial charge on any atom is 0.227 e. The molecule has 4 heterocycles. The highest BCUT2D eigenvalue weighted by molar-refractivity contribution is 6.06. The van der Waals surface area contributed by atoms with Gasteiger partial charge in [0.1, 0.15) is 22.1 Å². The van der Waals surface area contributed by atoms with Crippen molar-refractivity contribution in [2.45, 2.75) is 18.3 Å². The van der Waals surface area contributed by atoms with Gasteiger partial charge in [-0.15, -0.1) is 0 Å². The van der Waals surface area contributed by atoms with Crippen LogP contribution in [-0.2, 0) is 18.3 Å². The van der Waals surface area contributed by atoms with Crippen LogP contribution in [0, 0.1) is 0 Å². The van der Waals surface area contributed by atoms with E-state index in [9.17, 15) is 0 Å². The lowest BCUT2D eigenvalue weighted by Crippen LogP contribution is -2.28. The maximum absolute atomic E-state index is 6.62. The Morgan fingerprint density at radius 2 is 0.729 bits per heavy atom. The predicted octanol–water partition coefficient (Wildman–Crippen LogP) is 12.6. The number of rotatable bonds is 4. The zero-order valence-electron chi connectivity index (χ0n) is 31.2. The number of aromatic nitrogens is 4. The second-order valence-corrected chi connectivity index (χ2v) is 15.8. The number of benzene rings is 8. The van der Waals surface area contributed by atoms with Gasteiger partial charge >= 0.3 is 0 Å². The predicted molar refractivity (Wildman–Crippen MR) is 228 cm³/mol. The van der Waals surface area contributed by atoms with Gasteiger partial charge in [-0.05, 0) is 142 Å². The number of para-hydroxylation sites is 8. The van der Waals surface area contributed by atoms with Gasteiger partial charge in [0, 0.05) is 27.7 Å². The Labute approximate surface area is 334 Å². The van der Waals surface area contributed by atoms with E-state index in [0.29, 0.717) is 36.4 Å². The second kappa shape index (κ2) is 11.2. The molecule has 0 aliphatic heterocycles. The van der Waals surface area contributed by atoms with Crippen molar-refractivity contribution in [1.29, 1.82) is 0 Å². The van der Waals surface area contributed by atoms with Gasteiger partial charge in [0.05, 0.1) is 0 Å². The van der Waals surface area contributed by atoms with Crippen molar-refractivity contribution >= 4 is 65.9 Å². The molecule has 14 rings (SSSR count). The maximum atomic E-state index is 6.62. The highest BCUT2D eigenvalue weighted by atomic mass is 16.4. The van der Waals surface area contributed by atoms with Crippen LogP contribution in [0.1, 0.15) is 22.3 Å². The lowest BCUT2D eigenvalue weighted by molar-refractivity contribution is 0.544. The first-order valence-corrected chi connectivity index (χ1v) is 19.8. The molecule has 0 radical (unpaired) electrons. The molecule has 8 nitrogen and oxygen atoms in total. The molecule has 276 valence electrons. The molecule has 59 heavy (non-hydrogen) atoms. The fourth-order valence-electron chi connectivity index (χ4n) is 10.1. The average molecular weight is 761 g/mol. The zero-order valence-corrected chi connectivity index (χ0v) is 31.2. The van der Waals surface area contributed by atoms with Gasteiger partial charge in [0.25, 0.3) is 0 Å². The SMILES string of the molecule is c1ccc2oc(-c3cc4c5c(c(-c6nc7ccccc7o6)ccc5c3)C3(C4)Cc4cc(-c5nc6ccccc6o5)cc5ccc(-c6nc7ccccc7o6)c3c45)nc2c1. The number of nitrogens with zero attached hydrogens (tertiary/aromatic N) is 4. The number of fused-ring (bicyclic) bond motifs is 6. The molecule has 12 aromatic rings. The van der Waals surface area contributed by atoms with Gasteiger partial charge in [-0.1, -0.05) is 60.7 Å². The number of hydrogen-bond acceptors (Lipinski definition) is 8. The lowest BCUT2D eigenvalue weighted by Gasteiger charge is -2.30. The van der Waals surface area contributed by atoms with E-state index in [-0.39, 0.29) is 0 Å². The molecule has 0 atom stereocenters. The molecule has 0 saturated carbocycles. The van der Waals surface area contributed by atoms with Crippen LogP contribution in [0.25, 0.3) is 112 Å². The second-order valence-electron chi connectivity index (χ2n) is 15.8. The van der Waals surface area contributed by atoms with E-state index < -0.39 is 5.41 Å². The summed E-state index contributed by atoms with van der Waals surface area (Å²) in [6.07, 6.45) is 1.42. The molecule has 2 aliphatic rings. The molecule has 0 bridgehead atoms. The van der Waals surface area contributed by atoms with E-state index in [4.69, 9.17) is 37.6 Å². The first-order valence-electron chi connectivity index (χ1n) is 19.8. The molecule has 0 fully saturated rings. The van der Waals surface area contributed by atoms with Gasteiger partial charge in [0.2, 0.25) is 23.6 Å². The Morgan fingerprint density at radius 1 is 0.373 bits per heavy atom. The van der Waals surface area contributed by atoms with E-state index in [1.165, 1.54) is 33.0 Å². The van der Waals surface area contributed by atoms with E-state index in [1.54, 1.807) is 0 Å². The molecule has 8 aromatic carbocycles.